The van der Waals surface area contributed by atoms with Gasteiger partial charge in [-0.25, -0.2) is 0 Å². The van der Waals surface area contributed by atoms with Crippen LogP contribution in [0.5, 0.6) is 0 Å². The third-order valence-corrected chi connectivity index (χ3v) is 1.71. The average molecular weight is 281 g/mol. The van der Waals surface area contributed by atoms with Crippen LogP contribution in [-0.4, -0.2) is 10.5 Å². The summed E-state index contributed by atoms with van der Waals surface area (Å²) in [5, 5.41) is 4.13. The first-order valence-electron chi connectivity index (χ1n) is 4.32. The topological polar surface area (TPSA) is 21.6 Å². The van der Waals surface area contributed by atoms with E-state index in [1.807, 2.05) is 6.82 Å². The minimum absolute atomic E-state index is 0.148. The molecule has 2 nitrogen and oxygen atoms in total. The van der Waals surface area contributed by atoms with E-state index in [4.69, 9.17) is 4.76 Å². The fourth-order valence-corrected chi connectivity index (χ4v) is 1.12. The molecule has 0 bridgehead atoms. The fraction of sp³-hybridized carbons (Fsp3) is 0.875. The zero-order valence-corrected chi connectivity index (χ0v) is 10.6. The van der Waals surface area contributed by atoms with Gasteiger partial charge in [0.15, 0.2) is 0 Å². The van der Waals surface area contributed by atoms with Gasteiger partial charge in [-0.05, 0) is 18.7 Å². The van der Waals surface area contributed by atoms with E-state index in [0.717, 1.165) is 5.71 Å². The zero-order chi connectivity index (χ0) is 9.72. The van der Waals surface area contributed by atoms with Gasteiger partial charge < -0.3 is 4.76 Å². The lowest BCUT2D eigenvalue weighted by molar-refractivity contribution is 0.355. The van der Waals surface area contributed by atoms with Crippen LogP contribution in [0.1, 0.15) is 27.7 Å². The van der Waals surface area contributed by atoms with Crippen LogP contribution in [0.2, 0.25) is 6.82 Å². The Bertz CT molecular complexity index is 147. The molecular weight excluding hydrogens is 264 g/mol. The standard InChI is InChI=1S/C8H17BINO/c1-6(2)8(7(3)4)11-12-9(5)10/h6-7H,1-5H3. The van der Waals surface area contributed by atoms with Crippen molar-refractivity contribution in [2.75, 3.05) is 0 Å². The largest absolute Gasteiger partial charge is 0.457 e. The van der Waals surface area contributed by atoms with E-state index in [-0.39, 0.29) is 4.77 Å². The first-order chi connectivity index (χ1) is 5.45. The van der Waals surface area contributed by atoms with E-state index in [0.29, 0.717) is 11.8 Å². The van der Waals surface area contributed by atoms with Crippen molar-refractivity contribution < 1.29 is 4.76 Å². The lowest BCUT2D eigenvalue weighted by atomic mass is 9.98. The third kappa shape index (κ3) is 5.01. The highest BCUT2D eigenvalue weighted by Gasteiger charge is 2.11. The van der Waals surface area contributed by atoms with Crippen LogP contribution in [0.3, 0.4) is 0 Å². The Hall–Kier alpha value is 0.265. The molecule has 0 aromatic rings. The van der Waals surface area contributed by atoms with Gasteiger partial charge in [-0.2, -0.15) is 0 Å². The minimum Gasteiger partial charge on any atom is -0.456 e. The van der Waals surface area contributed by atoms with Crippen LogP contribution in [0.15, 0.2) is 5.16 Å². The molecule has 0 aromatic heterocycles. The van der Waals surface area contributed by atoms with Gasteiger partial charge in [0.2, 0.25) is 0 Å². The highest BCUT2D eigenvalue weighted by atomic mass is 127. The molecule has 70 valence electrons. The molecule has 0 N–H and O–H groups in total. The second kappa shape index (κ2) is 5.83. The Balaban J connectivity index is 4.19. The smallest absolute Gasteiger partial charge is 0.456 e. The van der Waals surface area contributed by atoms with Crippen molar-refractivity contribution in [1.29, 1.82) is 0 Å². The lowest BCUT2D eigenvalue weighted by Gasteiger charge is -2.13. The van der Waals surface area contributed by atoms with E-state index in [1.165, 1.54) is 0 Å². The van der Waals surface area contributed by atoms with Crippen molar-refractivity contribution in [3.63, 3.8) is 0 Å². The van der Waals surface area contributed by atoms with E-state index in [2.05, 4.69) is 55.2 Å². The van der Waals surface area contributed by atoms with Gasteiger partial charge in [-0.3, -0.25) is 0 Å². The molecule has 0 saturated heterocycles. The molecule has 0 fully saturated rings. The molecule has 12 heavy (non-hydrogen) atoms. The predicted molar refractivity (Wildman–Crippen MR) is 63.8 cm³/mol. The van der Waals surface area contributed by atoms with Gasteiger partial charge >= 0.3 is 4.77 Å². The number of rotatable bonds is 4. The van der Waals surface area contributed by atoms with Crippen molar-refractivity contribution in [2.45, 2.75) is 34.5 Å². The summed E-state index contributed by atoms with van der Waals surface area (Å²) in [4.78, 5) is 0. The van der Waals surface area contributed by atoms with Crippen molar-refractivity contribution in [1.82, 2.24) is 0 Å². The Kier molecular flexibility index (Phi) is 5.96. The maximum absolute atomic E-state index is 5.20. The van der Waals surface area contributed by atoms with Crippen LogP contribution < -0.4 is 0 Å². The first kappa shape index (κ1) is 12.3. The third-order valence-electron chi connectivity index (χ3n) is 1.49. The molecule has 0 aliphatic carbocycles. The van der Waals surface area contributed by atoms with Crippen molar-refractivity contribution >= 4 is 32.9 Å². The summed E-state index contributed by atoms with van der Waals surface area (Å²) >= 11 is 2.19. The average Bonchev–Trinajstić information content (AvgIpc) is 1.84. The number of hydrogen-bond donors (Lipinski definition) is 0. The quantitative estimate of drug-likeness (QED) is 0.335. The van der Waals surface area contributed by atoms with E-state index in [9.17, 15) is 0 Å². The number of hydrogen-bond acceptors (Lipinski definition) is 2. The summed E-state index contributed by atoms with van der Waals surface area (Å²) in [6.45, 7) is 10.5. The fourth-order valence-electron chi connectivity index (χ4n) is 1.01. The lowest BCUT2D eigenvalue weighted by Crippen LogP contribution is -2.16. The first-order valence-corrected chi connectivity index (χ1v) is 5.57. The van der Waals surface area contributed by atoms with Crippen LogP contribution in [-0.2, 0) is 4.76 Å². The maximum atomic E-state index is 5.20. The molecule has 0 aliphatic heterocycles. The number of nitrogens with zero attached hydrogens (tertiary/aromatic N) is 1. The van der Waals surface area contributed by atoms with Gasteiger partial charge in [-0.1, -0.05) is 50.1 Å². The Labute approximate surface area is 89.1 Å². The molecule has 0 spiro atoms. The van der Waals surface area contributed by atoms with Crippen molar-refractivity contribution in [2.24, 2.45) is 17.0 Å². The SMILES string of the molecule is CB(I)ON=C(C(C)C)C(C)C. The number of halogens is 1. The van der Waals surface area contributed by atoms with Crippen LogP contribution in [0.25, 0.3) is 0 Å². The summed E-state index contributed by atoms with van der Waals surface area (Å²) in [7, 11) is 0. The summed E-state index contributed by atoms with van der Waals surface area (Å²) in [6, 6.07) is 0. The molecular formula is C8H17BINO. The predicted octanol–water partition coefficient (Wildman–Crippen LogP) is 3.22. The van der Waals surface area contributed by atoms with Gasteiger partial charge in [0.05, 0.1) is 5.71 Å². The molecule has 4 heteroatoms. The van der Waals surface area contributed by atoms with Gasteiger partial charge in [0.1, 0.15) is 0 Å². The summed E-state index contributed by atoms with van der Waals surface area (Å²) in [5.74, 6) is 0.945. The Morgan fingerprint density at radius 1 is 1.25 bits per heavy atom. The Morgan fingerprint density at radius 2 is 1.67 bits per heavy atom. The Morgan fingerprint density at radius 3 is 1.92 bits per heavy atom. The van der Waals surface area contributed by atoms with Crippen molar-refractivity contribution in [3.05, 3.63) is 0 Å². The van der Waals surface area contributed by atoms with Crippen LogP contribution in [0, 0.1) is 11.8 Å². The summed E-state index contributed by atoms with van der Waals surface area (Å²) in [5.41, 5.74) is 1.14. The molecule has 0 aromatic carbocycles. The molecule has 0 atom stereocenters. The summed E-state index contributed by atoms with van der Waals surface area (Å²) in [6.07, 6.45) is 0. The summed E-state index contributed by atoms with van der Waals surface area (Å²) < 4.78 is 5.35. The molecule has 0 unspecified atom stereocenters. The van der Waals surface area contributed by atoms with Crippen LogP contribution >= 0.6 is 22.4 Å². The van der Waals surface area contributed by atoms with Crippen LogP contribution in [0.4, 0.5) is 0 Å². The normalized spacial score (nSPS) is 10.3. The number of oxime groups is 1. The minimum atomic E-state index is 0.148. The highest BCUT2D eigenvalue weighted by molar-refractivity contribution is 14.1. The monoisotopic (exact) mass is 281 g/mol. The van der Waals surface area contributed by atoms with E-state index in [1.54, 1.807) is 0 Å². The molecule has 0 heterocycles. The molecule has 0 amide bonds. The molecule has 0 saturated carbocycles. The van der Waals surface area contributed by atoms with Gasteiger partial charge in [0.25, 0.3) is 0 Å². The molecule has 0 aliphatic rings. The van der Waals surface area contributed by atoms with E-state index >= 15 is 0 Å². The second-order valence-corrected chi connectivity index (χ2v) is 5.23. The zero-order valence-electron chi connectivity index (χ0n) is 8.47. The molecule has 0 radical (unpaired) electrons. The second-order valence-electron chi connectivity index (χ2n) is 3.47. The van der Waals surface area contributed by atoms with Gasteiger partial charge in [-0.15, -0.1) is 5.16 Å². The highest BCUT2D eigenvalue weighted by Crippen LogP contribution is 2.09. The maximum Gasteiger partial charge on any atom is 0.457 e. The van der Waals surface area contributed by atoms with Gasteiger partial charge in [0, 0.05) is 0 Å². The molecule has 0 rings (SSSR count). The van der Waals surface area contributed by atoms with Crippen molar-refractivity contribution in [3.8, 4) is 0 Å². The van der Waals surface area contributed by atoms with E-state index < -0.39 is 0 Å².